The van der Waals surface area contributed by atoms with E-state index in [-0.39, 0.29) is 23.9 Å². The number of carbonyl (C=O) groups excluding carboxylic acids is 1. The molecule has 2 rings (SSSR count). The van der Waals surface area contributed by atoms with E-state index in [9.17, 15) is 13.2 Å². The highest BCUT2D eigenvalue weighted by Gasteiger charge is 2.20. The first-order valence-corrected chi connectivity index (χ1v) is 12.1. The van der Waals surface area contributed by atoms with Crippen LogP contribution in [0.4, 0.5) is 11.4 Å². The van der Waals surface area contributed by atoms with Crippen LogP contribution in [0.2, 0.25) is 10.0 Å². The molecule has 1 amide bonds. The molecule has 0 aliphatic rings. The maximum absolute atomic E-state index is 12.2. The number of amides is 1. The van der Waals surface area contributed by atoms with Gasteiger partial charge in [-0.1, -0.05) is 48.7 Å². The van der Waals surface area contributed by atoms with Gasteiger partial charge in [-0.3, -0.25) is 9.10 Å². The van der Waals surface area contributed by atoms with Crippen molar-refractivity contribution in [2.45, 2.75) is 39.0 Å². The number of hydrogen-bond donors (Lipinski definition) is 1. The Bertz CT molecular complexity index is 931. The van der Waals surface area contributed by atoms with E-state index in [1.807, 2.05) is 24.3 Å². The molecule has 0 atom stereocenters. The zero-order valence-electron chi connectivity index (χ0n) is 16.6. The third kappa shape index (κ3) is 7.53. The zero-order chi connectivity index (χ0) is 21.4. The van der Waals surface area contributed by atoms with Crippen LogP contribution in [0.1, 0.15) is 38.2 Å². The largest absolute Gasteiger partial charge is 0.326 e. The molecule has 1 N–H and O–H groups in total. The summed E-state index contributed by atoms with van der Waals surface area (Å²) in [5.74, 6) is -0.169. The first kappa shape index (κ1) is 23.5. The van der Waals surface area contributed by atoms with Crippen LogP contribution in [0.5, 0.6) is 0 Å². The molecule has 0 aliphatic carbocycles. The summed E-state index contributed by atoms with van der Waals surface area (Å²) in [6, 6.07) is 12.4. The summed E-state index contributed by atoms with van der Waals surface area (Å²) in [5, 5.41) is 3.52. The van der Waals surface area contributed by atoms with Crippen molar-refractivity contribution >= 4 is 50.5 Å². The average molecular weight is 457 g/mol. The quantitative estimate of drug-likeness (QED) is 0.511. The van der Waals surface area contributed by atoms with Crippen molar-refractivity contribution in [3.8, 4) is 0 Å². The van der Waals surface area contributed by atoms with Gasteiger partial charge in [0.05, 0.1) is 17.0 Å². The molecule has 0 aliphatic heterocycles. The number of unbranched alkanes of at least 4 members (excludes halogenated alkanes) is 1. The average Bonchev–Trinajstić information content (AvgIpc) is 2.66. The molecule has 0 fully saturated rings. The molecule has 0 saturated heterocycles. The topological polar surface area (TPSA) is 66.5 Å². The minimum atomic E-state index is -3.57. The molecular formula is C21H26Cl2N2O3S. The minimum Gasteiger partial charge on any atom is -0.326 e. The number of rotatable bonds is 10. The molecule has 158 valence electrons. The number of aryl methyl sites for hydroxylation is 1. The van der Waals surface area contributed by atoms with E-state index in [2.05, 4.69) is 12.2 Å². The van der Waals surface area contributed by atoms with E-state index in [1.54, 1.807) is 12.1 Å². The molecule has 5 nitrogen and oxygen atoms in total. The molecule has 29 heavy (non-hydrogen) atoms. The summed E-state index contributed by atoms with van der Waals surface area (Å²) in [4.78, 5) is 12.2. The second kappa shape index (κ2) is 10.9. The predicted molar refractivity (Wildman–Crippen MR) is 122 cm³/mol. The first-order chi connectivity index (χ1) is 13.7. The van der Waals surface area contributed by atoms with Crippen LogP contribution in [-0.2, 0) is 21.2 Å². The highest BCUT2D eigenvalue weighted by atomic mass is 35.5. The molecule has 2 aromatic carbocycles. The maximum Gasteiger partial charge on any atom is 0.232 e. The van der Waals surface area contributed by atoms with Gasteiger partial charge in [-0.05, 0) is 55.2 Å². The number of carbonyl (C=O) groups is 1. The number of nitrogens with one attached hydrogen (secondary N) is 1. The maximum atomic E-state index is 12.2. The third-order valence-corrected chi connectivity index (χ3v) is 6.13. The second-order valence-corrected chi connectivity index (χ2v) is 9.63. The zero-order valence-corrected chi connectivity index (χ0v) is 18.9. The lowest BCUT2D eigenvalue weighted by molar-refractivity contribution is -0.116. The molecule has 0 unspecified atom stereocenters. The van der Waals surface area contributed by atoms with Gasteiger partial charge in [-0.15, -0.1) is 0 Å². The van der Waals surface area contributed by atoms with E-state index in [1.165, 1.54) is 15.9 Å². The van der Waals surface area contributed by atoms with Crippen LogP contribution in [0, 0.1) is 0 Å². The molecule has 2 aromatic rings. The van der Waals surface area contributed by atoms with Crippen LogP contribution in [0.15, 0.2) is 42.5 Å². The van der Waals surface area contributed by atoms with E-state index in [0.717, 1.165) is 31.2 Å². The van der Waals surface area contributed by atoms with Gasteiger partial charge >= 0.3 is 0 Å². The van der Waals surface area contributed by atoms with Gasteiger partial charge < -0.3 is 5.32 Å². The van der Waals surface area contributed by atoms with Crippen molar-refractivity contribution in [3.05, 3.63) is 58.1 Å². The predicted octanol–water partition coefficient (Wildman–Crippen LogP) is 5.52. The van der Waals surface area contributed by atoms with E-state index in [4.69, 9.17) is 23.2 Å². The number of benzene rings is 2. The first-order valence-electron chi connectivity index (χ1n) is 9.52. The van der Waals surface area contributed by atoms with Crippen molar-refractivity contribution in [2.24, 2.45) is 0 Å². The standard InChI is InChI=1S/C21H26Cl2N2O3S/c1-3-4-6-16-8-11-18(12-9-16)24-21(26)7-5-14-25(29(2,27)28)20-15-17(22)10-13-19(20)23/h8-13,15H,3-7,14H2,1-2H3,(H,24,26). The highest BCUT2D eigenvalue weighted by Crippen LogP contribution is 2.30. The fraction of sp³-hybridized carbons (Fsp3) is 0.381. The smallest absolute Gasteiger partial charge is 0.232 e. The fourth-order valence-electron chi connectivity index (χ4n) is 2.88. The molecular weight excluding hydrogens is 431 g/mol. The molecule has 0 saturated carbocycles. The summed E-state index contributed by atoms with van der Waals surface area (Å²) in [5.41, 5.74) is 2.28. The number of hydrogen-bond acceptors (Lipinski definition) is 3. The molecule has 0 heterocycles. The van der Waals surface area contributed by atoms with Gasteiger partial charge in [0.25, 0.3) is 0 Å². The van der Waals surface area contributed by atoms with Crippen LogP contribution >= 0.6 is 23.2 Å². The summed E-state index contributed by atoms with van der Waals surface area (Å²) in [7, 11) is -3.57. The second-order valence-electron chi connectivity index (χ2n) is 6.88. The Morgan fingerprint density at radius 3 is 2.38 bits per heavy atom. The Morgan fingerprint density at radius 2 is 1.76 bits per heavy atom. The van der Waals surface area contributed by atoms with E-state index < -0.39 is 10.0 Å². The van der Waals surface area contributed by atoms with Gasteiger partial charge in [0.15, 0.2) is 0 Å². The molecule has 0 aromatic heterocycles. The van der Waals surface area contributed by atoms with Crippen molar-refractivity contribution in [1.82, 2.24) is 0 Å². The number of anilines is 2. The van der Waals surface area contributed by atoms with Crippen LogP contribution < -0.4 is 9.62 Å². The summed E-state index contributed by atoms with van der Waals surface area (Å²) in [6.07, 6.45) is 4.93. The number of halogens is 2. The van der Waals surface area contributed by atoms with Gasteiger partial charge in [-0.2, -0.15) is 0 Å². The number of sulfonamides is 1. The molecule has 0 radical (unpaired) electrons. The third-order valence-electron chi connectivity index (χ3n) is 4.40. The highest BCUT2D eigenvalue weighted by molar-refractivity contribution is 7.92. The molecule has 0 spiro atoms. The van der Waals surface area contributed by atoms with Crippen LogP contribution in [0.3, 0.4) is 0 Å². The summed E-state index contributed by atoms with van der Waals surface area (Å²) < 4.78 is 25.6. The van der Waals surface area contributed by atoms with E-state index >= 15 is 0 Å². The summed E-state index contributed by atoms with van der Waals surface area (Å²) >= 11 is 12.1. The Labute approximate surface area is 183 Å². The van der Waals surface area contributed by atoms with Crippen molar-refractivity contribution in [2.75, 3.05) is 22.4 Å². The Morgan fingerprint density at radius 1 is 1.07 bits per heavy atom. The summed E-state index contributed by atoms with van der Waals surface area (Å²) in [6.45, 7) is 2.28. The fourth-order valence-corrected chi connectivity index (χ4v) is 4.29. The van der Waals surface area contributed by atoms with Crippen LogP contribution in [-0.4, -0.2) is 27.1 Å². The van der Waals surface area contributed by atoms with Gasteiger partial charge in [-0.25, -0.2) is 8.42 Å². The van der Waals surface area contributed by atoms with E-state index in [0.29, 0.717) is 17.1 Å². The van der Waals surface area contributed by atoms with Crippen molar-refractivity contribution in [3.63, 3.8) is 0 Å². The van der Waals surface area contributed by atoms with Gasteiger partial charge in [0.1, 0.15) is 0 Å². The van der Waals surface area contributed by atoms with Gasteiger partial charge in [0, 0.05) is 23.7 Å². The van der Waals surface area contributed by atoms with Crippen LogP contribution in [0.25, 0.3) is 0 Å². The number of nitrogens with zero attached hydrogens (tertiary/aromatic N) is 1. The SMILES string of the molecule is CCCCc1ccc(NC(=O)CCCN(c2cc(Cl)ccc2Cl)S(C)(=O)=O)cc1. The normalized spacial score (nSPS) is 11.3. The molecule has 8 heteroatoms. The van der Waals surface area contributed by atoms with Crippen molar-refractivity contribution < 1.29 is 13.2 Å². The Hall–Kier alpha value is -1.76. The lowest BCUT2D eigenvalue weighted by Gasteiger charge is -2.23. The molecule has 0 bridgehead atoms. The monoisotopic (exact) mass is 456 g/mol. The lowest BCUT2D eigenvalue weighted by atomic mass is 10.1. The minimum absolute atomic E-state index is 0.127. The Balaban J connectivity index is 1.94. The lowest BCUT2D eigenvalue weighted by Crippen LogP contribution is -2.31. The Kier molecular flexibility index (Phi) is 8.80. The van der Waals surface area contributed by atoms with Crippen molar-refractivity contribution in [1.29, 1.82) is 0 Å². The van der Waals surface area contributed by atoms with Gasteiger partial charge in [0.2, 0.25) is 15.9 Å².